The highest BCUT2D eigenvalue weighted by Crippen LogP contribution is 2.30. The molecule has 308 valence electrons. The second-order valence-electron chi connectivity index (χ2n) is 15.1. The molecule has 9 heteroatoms. The molecule has 0 spiro atoms. The van der Waals surface area contributed by atoms with Crippen molar-refractivity contribution in [1.82, 2.24) is 10.2 Å². The molecule has 0 aromatic heterocycles. The molecule has 2 heterocycles. The van der Waals surface area contributed by atoms with Gasteiger partial charge in [-0.3, -0.25) is 4.90 Å². The van der Waals surface area contributed by atoms with Crippen LogP contribution in [-0.2, 0) is 0 Å². The van der Waals surface area contributed by atoms with Crippen molar-refractivity contribution >= 4 is 39.1 Å². The van der Waals surface area contributed by atoms with Crippen LogP contribution in [0.15, 0.2) is 158 Å². The molecule has 8 rings (SSSR count). The Kier molecular flexibility index (Phi) is 16.6. The van der Waals surface area contributed by atoms with E-state index in [0.717, 1.165) is 83.9 Å². The molecule has 6 aromatic carbocycles. The quantitative estimate of drug-likeness (QED) is 0.117. The van der Waals surface area contributed by atoms with Gasteiger partial charge in [-0.25, -0.2) is 0 Å². The fourth-order valence-electron chi connectivity index (χ4n) is 7.00. The van der Waals surface area contributed by atoms with Crippen LogP contribution in [0.1, 0.15) is 26.7 Å². The van der Waals surface area contributed by atoms with Gasteiger partial charge in [0.05, 0.1) is 6.61 Å². The van der Waals surface area contributed by atoms with E-state index >= 15 is 0 Å². The number of alkyl halides is 1. The summed E-state index contributed by atoms with van der Waals surface area (Å²) in [6.45, 7) is 10.4. The molecule has 59 heavy (non-hydrogen) atoms. The van der Waals surface area contributed by atoms with Gasteiger partial charge in [0, 0.05) is 54.4 Å². The number of halogens is 3. The van der Waals surface area contributed by atoms with E-state index in [9.17, 15) is 0 Å². The Hall–Kier alpha value is -4.50. The summed E-state index contributed by atoms with van der Waals surface area (Å²) < 4.78 is 23.7. The fraction of sp³-hybridized carbons (Fsp3) is 0.280. The summed E-state index contributed by atoms with van der Waals surface area (Å²) in [5.41, 5.74) is 4.54. The molecular weight excluding hydrogens is 843 g/mol. The van der Waals surface area contributed by atoms with Gasteiger partial charge >= 0.3 is 0 Å². The number of nitrogens with zero attached hydrogens (tertiary/aromatic N) is 1. The Balaban J connectivity index is 0.000000164. The summed E-state index contributed by atoms with van der Waals surface area (Å²) in [6.07, 6.45) is 2.05. The standard InChI is InChI=1S/C25H26ClNO2.C14H13BrO.C11H14ClNO/c1-25(29-23-12-10-22(26)11-13-23)14-15-27(19-25)16-17-28-24-9-5-8-21(18-24)20-6-3-2-4-7-20;15-9-10-16-14-8-4-7-13(11-14)12-5-2-1-3-6-12;1-11(6-7-13-8-11)14-10-4-2-9(12)3-5-10/h2-13,18H,14-17,19H2,1H3;1-8,11H,9-10H2;2-5,13H,6-8H2,1H3. The van der Waals surface area contributed by atoms with Gasteiger partial charge in [0.2, 0.25) is 0 Å². The van der Waals surface area contributed by atoms with Crippen molar-refractivity contribution in [2.24, 2.45) is 0 Å². The van der Waals surface area contributed by atoms with Gasteiger partial charge in [-0.1, -0.05) is 124 Å². The Morgan fingerprint density at radius 1 is 0.559 bits per heavy atom. The molecule has 6 nitrogen and oxygen atoms in total. The van der Waals surface area contributed by atoms with Gasteiger partial charge in [-0.15, -0.1) is 0 Å². The van der Waals surface area contributed by atoms with Crippen molar-refractivity contribution < 1.29 is 18.9 Å². The predicted octanol–water partition coefficient (Wildman–Crippen LogP) is 12.5. The normalized spacial score (nSPS) is 18.5. The highest BCUT2D eigenvalue weighted by atomic mass is 79.9. The summed E-state index contributed by atoms with van der Waals surface area (Å²) in [5.74, 6) is 3.58. The van der Waals surface area contributed by atoms with Crippen LogP contribution in [0.3, 0.4) is 0 Å². The molecule has 1 N–H and O–H groups in total. The first-order chi connectivity index (χ1) is 28.7. The first kappa shape index (κ1) is 44.1. The monoisotopic (exact) mass is 894 g/mol. The van der Waals surface area contributed by atoms with Crippen LogP contribution in [-0.4, -0.2) is 67.4 Å². The zero-order chi connectivity index (χ0) is 41.3. The molecule has 6 aromatic rings. The fourth-order valence-corrected chi connectivity index (χ4v) is 7.41. The third-order valence-corrected chi connectivity index (χ3v) is 10.9. The lowest BCUT2D eigenvalue weighted by Crippen LogP contribution is -2.37. The van der Waals surface area contributed by atoms with Gasteiger partial charge in [0.1, 0.15) is 40.8 Å². The lowest BCUT2D eigenvalue weighted by Gasteiger charge is -2.26. The number of ether oxygens (including phenoxy) is 4. The van der Waals surface area contributed by atoms with Crippen LogP contribution >= 0.6 is 39.1 Å². The van der Waals surface area contributed by atoms with Crippen LogP contribution in [0, 0.1) is 0 Å². The average molecular weight is 897 g/mol. The SMILES string of the molecule is BrCCOc1cccc(-c2ccccc2)c1.CC1(Oc2ccc(Cl)cc2)CCN(CCOc2cccc(-c3ccccc3)c2)C1.CC1(Oc2ccc(Cl)cc2)CCNC1. The maximum absolute atomic E-state index is 6.24. The van der Waals surface area contributed by atoms with Crippen LogP contribution < -0.4 is 24.3 Å². The summed E-state index contributed by atoms with van der Waals surface area (Å²) in [6, 6.07) is 52.2. The molecule has 0 amide bonds. The minimum Gasteiger partial charge on any atom is -0.493 e. The van der Waals surface area contributed by atoms with Gasteiger partial charge < -0.3 is 24.3 Å². The van der Waals surface area contributed by atoms with E-state index in [1.165, 1.54) is 22.3 Å². The minimum absolute atomic E-state index is 0.0617. The van der Waals surface area contributed by atoms with E-state index in [2.05, 4.69) is 101 Å². The van der Waals surface area contributed by atoms with Crippen LogP contribution in [0.2, 0.25) is 10.0 Å². The zero-order valence-corrected chi connectivity index (χ0v) is 36.9. The maximum atomic E-state index is 6.24. The van der Waals surface area contributed by atoms with Gasteiger partial charge in [-0.2, -0.15) is 0 Å². The average Bonchev–Trinajstić information content (AvgIpc) is 3.87. The number of nitrogens with one attached hydrogen (secondary N) is 1. The molecular formula is C50H53BrCl2N2O4. The van der Waals surface area contributed by atoms with Crippen molar-refractivity contribution in [3.05, 3.63) is 168 Å². The highest BCUT2D eigenvalue weighted by molar-refractivity contribution is 9.09. The molecule has 2 saturated heterocycles. The van der Waals surface area contributed by atoms with E-state index in [1.54, 1.807) is 0 Å². The molecule has 0 bridgehead atoms. The number of hydrogen-bond donors (Lipinski definition) is 1. The van der Waals surface area contributed by atoms with Gasteiger partial charge in [-0.05, 0) is 115 Å². The molecule has 0 aliphatic carbocycles. The van der Waals surface area contributed by atoms with E-state index < -0.39 is 0 Å². The van der Waals surface area contributed by atoms with Crippen molar-refractivity contribution in [1.29, 1.82) is 0 Å². The molecule has 2 atom stereocenters. The summed E-state index contributed by atoms with van der Waals surface area (Å²) in [7, 11) is 0. The maximum Gasteiger partial charge on any atom is 0.120 e. The first-order valence-corrected chi connectivity index (χ1v) is 22.0. The molecule has 0 radical (unpaired) electrons. The molecule has 2 aliphatic rings. The Labute approximate surface area is 368 Å². The molecule has 2 aliphatic heterocycles. The van der Waals surface area contributed by atoms with Crippen molar-refractivity contribution in [3.8, 4) is 45.3 Å². The smallest absolute Gasteiger partial charge is 0.120 e. The topological polar surface area (TPSA) is 52.2 Å². The second kappa shape index (κ2) is 22.2. The lowest BCUT2D eigenvalue weighted by molar-refractivity contribution is 0.0935. The number of rotatable bonds is 13. The molecule has 0 saturated carbocycles. The van der Waals surface area contributed by atoms with E-state index in [1.807, 2.05) is 97.1 Å². The third-order valence-electron chi connectivity index (χ3n) is 10.1. The Bertz CT molecular complexity index is 2140. The van der Waals surface area contributed by atoms with Crippen LogP contribution in [0.4, 0.5) is 0 Å². The van der Waals surface area contributed by atoms with E-state index in [0.29, 0.717) is 13.2 Å². The number of benzene rings is 6. The van der Waals surface area contributed by atoms with Gasteiger partial charge in [0.25, 0.3) is 0 Å². The van der Waals surface area contributed by atoms with Crippen molar-refractivity contribution in [3.63, 3.8) is 0 Å². The molecule has 2 unspecified atom stereocenters. The summed E-state index contributed by atoms with van der Waals surface area (Å²) in [4.78, 5) is 2.40. The molecule has 2 fully saturated rings. The number of hydrogen-bond acceptors (Lipinski definition) is 6. The minimum atomic E-state index is -0.180. The van der Waals surface area contributed by atoms with Crippen molar-refractivity contribution in [2.45, 2.75) is 37.9 Å². The van der Waals surface area contributed by atoms with Crippen molar-refractivity contribution in [2.75, 3.05) is 51.3 Å². The van der Waals surface area contributed by atoms with Crippen LogP contribution in [0.5, 0.6) is 23.0 Å². The highest BCUT2D eigenvalue weighted by Gasteiger charge is 2.35. The van der Waals surface area contributed by atoms with Crippen LogP contribution in [0.25, 0.3) is 22.3 Å². The van der Waals surface area contributed by atoms with E-state index in [-0.39, 0.29) is 11.2 Å². The summed E-state index contributed by atoms with van der Waals surface area (Å²) >= 11 is 15.1. The second-order valence-corrected chi connectivity index (χ2v) is 16.8. The number of likely N-dealkylation sites (tertiary alicyclic amines) is 1. The predicted molar refractivity (Wildman–Crippen MR) is 248 cm³/mol. The first-order valence-electron chi connectivity index (χ1n) is 20.1. The largest absolute Gasteiger partial charge is 0.493 e. The summed E-state index contributed by atoms with van der Waals surface area (Å²) in [5, 5.41) is 5.61. The zero-order valence-electron chi connectivity index (χ0n) is 33.8. The van der Waals surface area contributed by atoms with E-state index in [4.69, 9.17) is 42.1 Å². The van der Waals surface area contributed by atoms with Gasteiger partial charge in [0.15, 0.2) is 0 Å². The lowest BCUT2D eigenvalue weighted by atomic mass is 10.1. The Morgan fingerprint density at radius 3 is 1.54 bits per heavy atom. The third kappa shape index (κ3) is 14.3. The Morgan fingerprint density at radius 2 is 1.05 bits per heavy atom.